The van der Waals surface area contributed by atoms with Crippen LogP contribution < -0.4 is 5.73 Å². The van der Waals surface area contributed by atoms with Gasteiger partial charge in [-0.15, -0.1) is 0 Å². The van der Waals surface area contributed by atoms with Crippen molar-refractivity contribution in [1.29, 1.82) is 0 Å². The van der Waals surface area contributed by atoms with Gasteiger partial charge in [-0.05, 0) is 19.8 Å². The van der Waals surface area contributed by atoms with Crippen LogP contribution in [0.2, 0.25) is 0 Å². The zero-order chi connectivity index (χ0) is 11.3. The lowest BCUT2D eigenvalue weighted by Crippen LogP contribution is -2.20. The van der Waals surface area contributed by atoms with Crippen LogP contribution in [-0.2, 0) is 6.54 Å². The lowest BCUT2D eigenvalue weighted by molar-refractivity contribution is 0.173. The molecule has 0 bridgehead atoms. The van der Waals surface area contributed by atoms with Crippen LogP contribution in [0, 0.1) is 0 Å². The van der Waals surface area contributed by atoms with E-state index in [1.807, 2.05) is 12.5 Å². The van der Waals surface area contributed by atoms with Crippen LogP contribution in [0.25, 0.3) is 0 Å². The molecule has 2 atom stereocenters. The number of hydrogen-bond acceptors (Lipinski definition) is 3. The fourth-order valence-corrected chi connectivity index (χ4v) is 1.85. The predicted octanol–water partition coefficient (Wildman–Crippen LogP) is 1.11. The summed E-state index contributed by atoms with van der Waals surface area (Å²) >= 11 is 0. The minimum Gasteiger partial charge on any atom is -0.393 e. The SMILES string of the molecule is CCCn1cncc1C(CN)CC(C)O. The number of aliphatic hydroxyl groups excluding tert-OH is 1. The number of hydrogen-bond donors (Lipinski definition) is 2. The van der Waals surface area contributed by atoms with Gasteiger partial charge in [-0.1, -0.05) is 6.92 Å². The minimum atomic E-state index is -0.316. The number of nitrogens with zero attached hydrogens (tertiary/aromatic N) is 2. The van der Waals surface area contributed by atoms with E-state index in [0.29, 0.717) is 13.0 Å². The normalized spacial score (nSPS) is 15.2. The molecule has 4 heteroatoms. The number of aryl methyl sites for hydroxylation is 1. The van der Waals surface area contributed by atoms with E-state index >= 15 is 0 Å². The molecule has 1 heterocycles. The van der Waals surface area contributed by atoms with Crippen molar-refractivity contribution in [2.45, 2.75) is 45.3 Å². The Morgan fingerprint density at radius 1 is 1.60 bits per heavy atom. The summed E-state index contributed by atoms with van der Waals surface area (Å²) in [6, 6.07) is 0. The summed E-state index contributed by atoms with van der Waals surface area (Å²) in [5.41, 5.74) is 6.86. The number of aromatic nitrogens is 2. The molecular weight excluding hydrogens is 190 g/mol. The van der Waals surface area contributed by atoms with Crippen LogP contribution in [0.15, 0.2) is 12.5 Å². The van der Waals surface area contributed by atoms with Gasteiger partial charge in [0.1, 0.15) is 0 Å². The lowest BCUT2D eigenvalue weighted by atomic mass is 9.99. The molecule has 3 N–H and O–H groups in total. The maximum absolute atomic E-state index is 9.39. The van der Waals surface area contributed by atoms with Crippen molar-refractivity contribution in [2.24, 2.45) is 5.73 Å². The average molecular weight is 211 g/mol. The second-order valence-corrected chi connectivity index (χ2v) is 4.03. The van der Waals surface area contributed by atoms with Crippen LogP contribution in [0.5, 0.6) is 0 Å². The summed E-state index contributed by atoms with van der Waals surface area (Å²) in [5.74, 6) is 0.207. The van der Waals surface area contributed by atoms with Crippen LogP contribution in [-0.4, -0.2) is 27.3 Å². The molecule has 86 valence electrons. The van der Waals surface area contributed by atoms with E-state index in [1.165, 1.54) is 0 Å². The summed E-state index contributed by atoms with van der Waals surface area (Å²) in [6.45, 7) is 5.45. The Morgan fingerprint density at radius 2 is 2.33 bits per heavy atom. The first kappa shape index (κ1) is 12.2. The van der Waals surface area contributed by atoms with Gasteiger partial charge in [0.2, 0.25) is 0 Å². The summed E-state index contributed by atoms with van der Waals surface area (Å²) in [4.78, 5) is 4.14. The van der Waals surface area contributed by atoms with Gasteiger partial charge in [-0.25, -0.2) is 4.98 Å². The second-order valence-electron chi connectivity index (χ2n) is 4.03. The molecule has 0 aliphatic rings. The Hall–Kier alpha value is -0.870. The third kappa shape index (κ3) is 3.32. The molecule has 0 saturated carbocycles. The van der Waals surface area contributed by atoms with Crippen LogP contribution >= 0.6 is 0 Å². The molecule has 1 aromatic rings. The molecule has 15 heavy (non-hydrogen) atoms. The summed E-state index contributed by atoms with van der Waals surface area (Å²) in [7, 11) is 0. The molecule has 0 saturated heterocycles. The molecule has 0 aromatic carbocycles. The molecule has 0 aliphatic carbocycles. The molecule has 1 rings (SSSR count). The van der Waals surface area contributed by atoms with E-state index in [0.717, 1.165) is 18.7 Å². The highest BCUT2D eigenvalue weighted by molar-refractivity contribution is 5.07. The zero-order valence-corrected chi connectivity index (χ0v) is 9.56. The van der Waals surface area contributed by atoms with Gasteiger partial charge in [0, 0.05) is 30.9 Å². The van der Waals surface area contributed by atoms with Crippen molar-refractivity contribution < 1.29 is 5.11 Å². The van der Waals surface area contributed by atoms with Crippen molar-refractivity contribution >= 4 is 0 Å². The van der Waals surface area contributed by atoms with E-state index in [-0.39, 0.29) is 12.0 Å². The van der Waals surface area contributed by atoms with Gasteiger partial charge >= 0.3 is 0 Å². The van der Waals surface area contributed by atoms with Gasteiger partial charge in [0.05, 0.1) is 12.4 Å². The van der Waals surface area contributed by atoms with E-state index in [1.54, 1.807) is 6.92 Å². The largest absolute Gasteiger partial charge is 0.393 e. The van der Waals surface area contributed by atoms with Crippen molar-refractivity contribution in [2.75, 3.05) is 6.54 Å². The Bertz CT molecular complexity index is 283. The van der Waals surface area contributed by atoms with Crippen LogP contribution in [0.4, 0.5) is 0 Å². The smallest absolute Gasteiger partial charge is 0.0948 e. The van der Waals surface area contributed by atoms with Crippen LogP contribution in [0.1, 0.15) is 38.3 Å². The van der Waals surface area contributed by atoms with E-state index in [2.05, 4.69) is 16.5 Å². The second kappa shape index (κ2) is 5.88. The summed E-state index contributed by atoms with van der Waals surface area (Å²) in [6.07, 6.45) is 5.16. The highest BCUT2D eigenvalue weighted by atomic mass is 16.3. The third-order valence-corrected chi connectivity index (χ3v) is 2.54. The van der Waals surface area contributed by atoms with E-state index in [4.69, 9.17) is 5.73 Å². The number of rotatable bonds is 6. The van der Waals surface area contributed by atoms with Gasteiger partial charge in [0.25, 0.3) is 0 Å². The highest BCUT2D eigenvalue weighted by Gasteiger charge is 2.16. The predicted molar refractivity (Wildman–Crippen MR) is 60.6 cm³/mol. The van der Waals surface area contributed by atoms with E-state index < -0.39 is 0 Å². The fourth-order valence-electron chi connectivity index (χ4n) is 1.85. The van der Waals surface area contributed by atoms with E-state index in [9.17, 15) is 5.11 Å². The highest BCUT2D eigenvalue weighted by Crippen LogP contribution is 2.20. The molecule has 0 fully saturated rings. The molecule has 0 radical (unpaired) electrons. The van der Waals surface area contributed by atoms with Gasteiger partial charge in [-0.3, -0.25) is 0 Å². The summed E-state index contributed by atoms with van der Waals surface area (Å²) in [5, 5.41) is 9.39. The Labute approximate surface area is 91.1 Å². The monoisotopic (exact) mass is 211 g/mol. The quantitative estimate of drug-likeness (QED) is 0.740. The maximum Gasteiger partial charge on any atom is 0.0948 e. The molecule has 0 spiro atoms. The van der Waals surface area contributed by atoms with Gasteiger partial charge < -0.3 is 15.4 Å². The Balaban J connectivity index is 2.76. The minimum absolute atomic E-state index is 0.207. The van der Waals surface area contributed by atoms with Gasteiger partial charge in [-0.2, -0.15) is 0 Å². The molecule has 1 aromatic heterocycles. The van der Waals surface area contributed by atoms with Gasteiger partial charge in [0.15, 0.2) is 0 Å². The number of aliphatic hydroxyl groups is 1. The standard InChI is InChI=1S/C11H21N3O/c1-3-4-14-8-13-7-11(14)10(6-12)5-9(2)15/h7-10,15H,3-6,12H2,1-2H3. The first-order valence-electron chi connectivity index (χ1n) is 5.57. The van der Waals surface area contributed by atoms with Crippen molar-refractivity contribution in [3.8, 4) is 0 Å². The first-order chi connectivity index (χ1) is 7.19. The lowest BCUT2D eigenvalue weighted by Gasteiger charge is -2.18. The molecule has 2 unspecified atom stereocenters. The number of nitrogens with two attached hydrogens (primary N) is 1. The fraction of sp³-hybridized carbons (Fsp3) is 0.727. The molecular formula is C11H21N3O. The Kier molecular flexibility index (Phi) is 4.78. The molecule has 4 nitrogen and oxygen atoms in total. The van der Waals surface area contributed by atoms with Crippen molar-refractivity contribution in [1.82, 2.24) is 9.55 Å². The topological polar surface area (TPSA) is 64.1 Å². The maximum atomic E-state index is 9.39. The average Bonchev–Trinajstić information content (AvgIpc) is 2.63. The molecule has 0 aliphatic heterocycles. The third-order valence-electron chi connectivity index (χ3n) is 2.54. The Morgan fingerprint density at radius 3 is 2.87 bits per heavy atom. The first-order valence-corrected chi connectivity index (χ1v) is 5.57. The van der Waals surface area contributed by atoms with Crippen molar-refractivity contribution in [3.63, 3.8) is 0 Å². The molecule has 0 amide bonds. The summed E-state index contributed by atoms with van der Waals surface area (Å²) < 4.78 is 2.12. The van der Waals surface area contributed by atoms with Crippen LogP contribution in [0.3, 0.4) is 0 Å². The van der Waals surface area contributed by atoms with Crippen molar-refractivity contribution in [3.05, 3.63) is 18.2 Å². The zero-order valence-electron chi connectivity index (χ0n) is 9.56. The number of imidazole rings is 1.